The summed E-state index contributed by atoms with van der Waals surface area (Å²) in [6, 6.07) is 9.77. The Morgan fingerprint density at radius 2 is 1.68 bits per heavy atom. The number of nitrogens with one attached hydrogen (secondary N) is 2. The molecule has 0 saturated carbocycles. The van der Waals surface area contributed by atoms with E-state index in [0.29, 0.717) is 5.69 Å². The van der Waals surface area contributed by atoms with Gasteiger partial charge in [-0.3, -0.25) is 9.52 Å². The first kappa shape index (κ1) is 21.2. The summed E-state index contributed by atoms with van der Waals surface area (Å²) < 4.78 is 32.6. The average Bonchev–Trinajstić information content (AvgIpc) is 2.60. The average molecular weight is 406 g/mol. The van der Waals surface area contributed by atoms with Gasteiger partial charge in [0.15, 0.2) is 0 Å². The Bertz CT molecular complexity index is 1010. The van der Waals surface area contributed by atoms with Crippen LogP contribution in [0.2, 0.25) is 0 Å². The minimum atomic E-state index is -4.05. The molecular weight excluding hydrogens is 384 g/mol. The largest absolute Gasteiger partial charge is 0.496 e. The van der Waals surface area contributed by atoms with Crippen LogP contribution in [0.25, 0.3) is 0 Å². The molecule has 2 aromatic carbocycles. The zero-order chi connectivity index (χ0) is 21.1. The number of sulfonamides is 1. The van der Waals surface area contributed by atoms with Gasteiger partial charge in [0.1, 0.15) is 11.3 Å². The fourth-order valence-corrected chi connectivity index (χ4v) is 3.29. The molecule has 150 valence electrons. The van der Waals surface area contributed by atoms with Crippen LogP contribution in [-0.2, 0) is 14.8 Å². The number of hydrogen-bond donors (Lipinski definition) is 3. The van der Waals surface area contributed by atoms with Crippen LogP contribution in [0.5, 0.6) is 5.75 Å². The van der Waals surface area contributed by atoms with Crippen molar-refractivity contribution in [3.05, 3.63) is 48.0 Å². The van der Waals surface area contributed by atoms with Gasteiger partial charge in [0.25, 0.3) is 10.0 Å². The summed E-state index contributed by atoms with van der Waals surface area (Å²) in [7, 11) is -2.75. The van der Waals surface area contributed by atoms with Crippen LogP contribution in [0.1, 0.15) is 31.1 Å². The number of ether oxygens (including phenoxy) is 1. The smallest absolute Gasteiger partial charge is 0.339 e. The van der Waals surface area contributed by atoms with Crippen molar-refractivity contribution in [3.8, 4) is 5.75 Å². The number of methoxy groups -OCH3 is 1. The van der Waals surface area contributed by atoms with Crippen molar-refractivity contribution >= 4 is 33.3 Å². The Morgan fingerprint density at radius 3 is 2.25 bits per heavy atom. The van der Waals surface area contributed by atoms with Crippen LogP contribution in [0, 0.1) is 5.41 Å². The SMILES string of the molecule is COc1ccc(S(=O)(=O)Nc2cccc(NC(=O)C(C)(C)C)c2)cc1C(=O)O. The highest BCUT2D eigenvalue weighted by atomic mass is 32.2. The Labute approximate surface area is 163 Å². The number of carbonyl (C=O) groups excluding carboxylic acids is 1. The topological polar surface area (TPSA) is 122 Å². The van der Waals surface area contributed by atoms with Gasteiger partial charge in [0, 0.05) is 11.1 Å². The molecule has 0 aliphatic rings. The molecule has 0 bridgehead atoms. The highest BCUT2D eigenvalue weighted by Crippen LogP contribution is 2.25. The van der Waals surface area contributed by atoms with Gasteiger partial charge in [0.05, 0.1) is 17.7 Å². The van der Waals surface area contributed by atoms with E-state index < -0.39 is 21.4 Å². The van der Waals surface area contributed by atoms with E-state index in [9.17, 15) is 23.1 Å². The van der Waals surface area contributed by atoms with Gasteiger partial charge in [-0.05, 0) is 36.4 Å². The summed E-state index contributed by atoms with van der Waals surface area (Å²) in [6.45, 7) is 5.29. The third-order valence-corrected chi connectivity index (χ3v) is 5.14. The molecule has 28 heavy (non-hydrogen) atoms. The molecule has 0 heterocycles. The molecule has 9 heteroatoms. The third-order valence-electron chi connectivity index (χ3n) is 3.77. The van der Waals surface area contributed by atoms with Crippen molar-refractivity contribution in [2.24, 2.45) is 5.41 Å². The molecule has 0 spiro atoms. The fourth-order valence-electron chi connectivity index (χ4n) is 2.21. The minimum Gasteiger partial charge on any atom is -0.496 e. The van der Waals surface area contributed by atoms with E-state index >= 15 is 0 Å². The Hall–Kier alpha value is -3.07. The zero-order valence-corrected chi connectivity index (χ0v) is 16.8. The van der Waals surface area contributed by atoms with Gasteiger partial charge >= 0.3 is 5.97 Å². The zero-order valence-electron chi connectivity index (χ0n) is 15.9. The van der Waals surface area contributed by atoms with Gasteiger partial charge in [-0.15, -0.1) is 0 Å². The number of carbonyl (C=O) groups is 2. The van der Waals surface area contributed by atoms with E-state index in [0.717, 1.165) is 6.07 Å². The fraction of sp³-hybridized carbons (Fsp3) is 0.263. The Kier molecular flexibility index (Phi) is 5.98. The normalized spacial score (nSPS) is 11.6. The minimum absolute atomic E-state index is 0.0540. The van der Waals surface area contributed by atoms with E-state index in [2.05, 4.69) is 10.0 Å². The maximum absolute atomic E-state index is 12.6. The first-order chi connectivity index (χ1) is 12.9. The molecule has 0 fully saturated rings. The van der Waals surface area contributed by atoms with Gasteiger partial charge in [-0.1, -0.05) is 26.8 Å². The van der Waals surface area contributed by atoms with Gasteiger partial charge in [0.2, 0.25) is 5.91 Å². The first-order valence-electron chi connectivity index (χ1n) is 8.30. The summed E-state index contributed by atoms with van der Waals surface area (Å²) in [5.74, 6) is -1.46. The van der Waals surface area contributed by atoms with E-state index in [1.54, 1.807) is 32.9 Å². The summed E-state index contributed by atoms with van der Waals surface area (Å²) in [5, 5.41) is 11.9. The second kappa shape index (κ2) is 7.89. The Balaban J connectivity index is 2.30. The number of carboxylic acids is 1. The van der Waals surface area contributed by atoms with E-state index in [1.807, 2.05) is 0 Å². The number of hydrogen-bond acceptors (Lipinski definition) is 5. The molecule has 0 saturated heterocycles. The monoisotopic (exact) mass is 406 g/mol. The van der Waals surface area contributed by atoms with Gasteiger partial charge in [-0.25, -0.2) is 13.2 Å². The lowest BCUT2D eigenvalue weighted by Gasteiger charge is -2.18. The third kappa shape index (κ3) is 5.01. The second-order valence-electron chi connectivity index (χ2n) is 7.06. The number of aromatic carboxylic acids is 1. The molecule has 3 N–H and O–H groups in total. The number of carboxylic acid groups (broad SMARTS) is 1. The predicted molar refractivity (Wildman–Crippen MR) is 105 cm³/mol. The Morgan fingerprint density at radius 1 is 1.04 bits per heavy atom. The summed E-state index contributed by atoms with van der Waals surface area (Å²) in [6.07, 6.45) is 0. The second-order valence-corrected chi connectivity index (χ2v) is 8.74. The molecule has 1 amide bonds. The maximum Gasteiger partial charge on any atom is 0.339 e. The van der Waals surface area contributed by atoms with Crippen LogP contribution >= 0.6 is 0 Å². The van der Waals surface area contributed by atoms with Gasteiger partial charge in [-0.2, -0.15) is 0 Å². The summed E-state index contributed by atoms with van der Waals surface area (Å²) in [5.41, 5.74) is -0.219. The van der Waals surface area contributed by atoms with Crippen molar-refractivity contribution in [3.63, 3.8) is 0 Å². The maximum atomic E-state index is 12.6. The van der Waals surface area contributed by atoms with Gasteiger partial charge < -0.3 is 15.2 Å². The molecule has 0 unspecified atom stereocenters. The predicted octanol–water partition coefficient (Wildman–Crippen LogP) is 3.18. The molecule has 2 aromatic rings. The molecule has 2 rings (SSSR count). The lowest BCUT2D eigenvalue weighted by Crippen LogP contribution is -2.27. The van der Waals surface area contributed by atoms with Crippen molar-refractivity contribution in [2.45, 2.75) is 25.7 Å². The van der Waals surface area contributed by atoms with E-state index in [-0.39, 0.29) is 27.8 Å². The lowest BCUT2D eigenvalue weighted by molar-refractivity contribution is -0.123. The highest BCUT2D eigenvalue weighted by molar-refractivity contribution is 7.92. The van der Waals surface area contributed by atoms with Crippen LogP contribution < -0.4 is 14.8 Å². The van der Waals surface area contributed by atoms with Crippen LogP contribution in [0.3, 0.4) is 0 Å². The molecule has 0 atom stereocenters. The van der Waals surface area contributed by atoms with E-state index in [1.165, 1.54) is 31.4 Å². The molecule has 8 nitrogen and oxygen atoms in total. The molecule has 0 radical (unpaired) electrons. The molecule has 0 aromatic heterocycles. The van der Waals surface area contributed by atoms with Crippen molar-refractivity contribution in [2.75, 3.05) is 17.1 Å². The van der Waals surface area contributed by atoms with Crippen LogP contribution in [-0.4, -0.2) is 32.5 Å². The number of rotatable bonds is 6. The lowest BCUT2D eigenvalue weighted by atomic mass is 9.95. The first-order valence-corrected chi connectivity index (χ1v) is 9.78. The molecule has 0 aliphatic heterocycles. The quantitative estimate of drug-likeness (QED) is 0.677. The van der Waals surface area contributed by atoms with Crippen molar-refractivity contribution < 1.29 is 27.9 Å². The van der Waals surface area contributed by atoms with Crippen LogP contribution in [0.15, 0.2) is 47.4 Å². The van der Waals surface area contributed by atoms with Crippen molar-refractivity contribution in [1.82, 2.24) is 0 Å². The van der Waals surface area contributed by atoms with E-state index in [4.69, 9.17) is 4.74 Å². The summed E-state index contributed by atoms with van der Waals surface area (Å²) >= 11 is 0. The molecule has 0 aliphatic carbocycles. The molecular formula is C19H22N2O6S. The number of benzene rings is 2. The van der Waals surface area contributed by atoms with Crippen LogP contribution in [0.4, 0.5) is 11.4 Å². The summed E-state index contributed by atoms with van der Waals surface area (Å²) in [4.78, 5) is 23.2. The number of amides is 1. The highest BCUT2D eigenvalue weighted by Gasteiger charge is 2.22. The standard InChI is InChI=1S/C19H22N2O6S/c1-19(2,3)18(24)20-12-6-5-7-13(10-12)21-28(25,26)14-8-9-16(27-4)15(11-14)17(22)23/h5-11,21H,1-4H3,(H,20,24)(H,22,23). The number of anilines is 2. The van der Waals surface area contributed by atoms with Crippen molar-refractivity contribution in [1.29, 1.82) is 0 Å².